The number of halogens is 3. The number of benzene rings is 1. The second-order valence-electron chi connectivity index (χ2n) is 11.0. The number of hydrogen-bond acceptors (Lipinski definition) is 5. The molecule has 1 aliphatic rings. The molecule has 5 N–H and O–H groups in total. The summed E-state index contributed by atoms with van der Waals surface area (Å²) in [6, 6.07) is 2.88. The van der Waals surface area contributed by atoms with Crippen LogP contribution in [-0.4, -0.2) is 55.4 Å². The fraction of sp³-hybridized carbons (Fsp3) is 0.548. The summed E-state index contributed by atoms with van der Waals surface area (Å²) in [4.78, 5) is 20.3. The van der Waals surface area contributed by atoms with Crippen LogP contribution in [0.25, 0.3) is 0 Å². The Morgan fingerprint density at radius 3 is 2.32 bits per heavy atom. The second kappa shape index (κ2) is 24.4. The van der Waals surface area contributed by atoms with E-state index >= 15 is 0 Å². The first-order valence-electron chi connectivity index (χ1n) is 13.7. The van der Waals surface area contributed by atoms with Crippen LogP contribution in [-0.2, 0) is 9.59 Å². The molecule has 1 aromatic rings. The van der Waals surface area contributed by atoms with Gasteiger partial charge in [-0.3, -0.25) is 9.59 Å². The first kappa shape index (κ1) is 40.9. The van der Waals surface area contributed by atoms with Crippen LogP contribution in [0.1, 0.15) is 72.3 Å². The third-order valence-corrected chi connectivity index (χ3v) is 5.84. The van der Waals surface area contributed by atoms with Crippen molar-refractivity contribution in [1.29, 1.82) is 0 Å². The van der Waals surface area contributed by atoms with E-state index in [4.69, 9.17) is 33.4 Å². The van der Waals surface area contributed by atoms with E-state index < -0.39 is 11.9 Å². The molecule has 1 saturated heterocycles. The van der Waals surface area contributed by atoms with E-state index in [9.17, 15) is 14.0 Å². The highest BCUT2D eigenvalue weighted by atomic mass is 35.5. The van der Waals surface area contributed by atoms with Gasteiger partial charge in [-0.15, -0.1) is 0 Å². The van der Waals surface area contributed by atoms with Crippen LogP contribution in [0.4, 0.5) is 10.1 Å². The van der Waals surface area contributed by atoms with E-state index in [1.807, 2.05) is 19.1 Å². The summed E-state index contributed by atoms with van der Waals surface area (Å²) in [6.07, 6.45) is 10.1. The third-order valence-electron chi connectivity index (χ3n) is 5.27. The maximum absolute atomic E-state index is 13.5. The number of aliphatic hydroxyl groups is 2. The summed E-state index contributed by atoms with van der Waals surface area (Å²) in [5, 5.41) is 26.3. The molecule has 0 radical (unpaired) electrons. The monoisotopic (exact) mass is 617 g/mol. The van der Waals surface area contributed by atoms with Crippen LogP contribution in [0.5, 0.6) is 0 Å². The van der Waals surface area contributed by atoms with Gasteiger partial charge in [0.1, 0.15) is 5.82 Å². The molecule has 0 spiro atoms. The Bertz CT molecular complexity index is 931. The number of rotatable bonds is 12. The molecule has 0 saturated carbocycles. The Morgan fingerprint density at radius 2 is 1.85 bits per heavy atom. The van der Waals surface area contributed by atoms with Crippen molar-refractivity contribution in [3.05, 3.63) is 64.5 Å². The molecule has 2 amide bonds. The zero-order chi connectivity index (χ0) is 31.8. The Balaban J connectivity index is 0. The van der Waals surface area contributed by atoms with Gasteiger partial charge in [-0.2, -0.15) is 0 Å². The van der Waals surface area contributed by atoms with E-state index in [1.165, 1.54) is 12.1 Å². The van der Waals surface area contributed by atoms with Gasteiger partial charge in [-0.25, -0.2) is 4.39 Å². The van der Waals surface area contributed by atoms with Gasteiger partial charge in [0.25, 0.3) is 0 Å². The van der Waals surface area contributed by atoms with Crippen LogP contribution in [0, 0.1) is 17.2 Å². The molecular formula is C31H50Cl2FN3O4. The molecule has 2 rings (SSSR count). The largest absolute Gasteiger partial charge is 0.394 e. The SMILES string of the molecule is C=C/C(Cl)=C\C=C/C.CC(C)(C)C.CC1CNC[C@H]1c1cc(F)c(Cl)cc1NC=O.O=CNCCCCC(O)CO. The second-order valence-corrected chi connectivity index (χ2v) is 11.9. The minimum absolute atomic E-state index is 0.0247. The Kier molecular flexibility index (Phi) is 24.3. The fourth-order valence-corrected chi connectivity index (χ4v) is 3.53. The van der Waals surface area contributed by atoms with Crippen molar-refractivity contribution in [3.8, 4) is 0 Å². The average Bonchev–Trinajstić information content (AvgIpc) is 3.34. The minimum atomic E-state index is -0.605. The molecule has 0 aromatic heterocycles. The molecule has 1 heterocycles. The maximum Gasteiger partial charge on any atom is 0.211 e. The highest BCUT2D eigenvalue weighted by molar-refractivity contribution is 6.31. The summed E-state index contributed by atoms with van der Waals surface area (Å²) in [6.45, 7) is 18.4. The summed E-state index contributed by atoms with van der Waals surface area (Å²) >= 11 is 11.3. The van der Waals surface area contributed by atoms with Crippen LogP contribution < -0.4 is 16.0 Å². The molecule has 41 heavy (non-hydrogen) atoms. The zero-order valence-corrected chi connectivity index (χ0v) is 26.9. The number of allylic oxidation sites excluding steroid dienone is 5. The van der Waals surface area contributed by atoms with Crippen LogP contribution in [0.3, 0.4) is 0 Å². The van der Waals surface area contributed by atoms with Crippen LogP contribution in [0.15, 0.2) is 48.0 Å². The van der Waals surface area contributed by atoms with Crippen molar-refractivity contribution < 1.29 is 24.2 Å². The number of aliphatic hydroxyl groups excluding tert-OH is 2. The third kappa shape index (κ3) is 23.1. The van der Waals surface area contributed by atoms with E-state index in [1.54, 1.807) is 12.2 Å². The molecule has 1 fully saturated rings. The molecule has 3 atom stereocenters. The zero-order valence-electron chi connectivity index (χ0n) is 25.4. The maximum atomic E-state index is 13.5. The smallest absolute Gasteiger partial charge is 0.211 e. The number of amides is 2. The predicted octanol–water partition coefficient (Wildman–Crippen LogP) is 6.55. The van der Waals surface area contributed by atoms with Gasteiger partial charge in [0.05, 0.1) is 17.7 Å². The number of anilines is 1. The number of hydrogen-bond donors (Lipinski definition) is 5. The average molecular weight is 619 g/mol. The summed E-state index contributed by atoms with van der Waals surface area (Å²) < 4.78 is 13.5. The Morgan fingerprint density at radius 1 is 1.22 bits per heavy atom. The summed E-state index contributed by atoms with van der Waals surface area (Å²) in [5.74, 6) is 0.157. The Hall–Kier alpha value is -2.23. The van der Waals surface area contributed by atoms with E-state index in [0.717, 1.165) is 31.5 Å². The lowest BCUT2D eigenvalue weighted by molar-refractivity contribution is -0.109. The van der Waals surface area contributed by atoms with Gasteiger partial charge in [0.2, 0.25) is 12.8 Å². The molecule has 0 bridgehead atoms. The molecular weight excluding hydrogens is 568 g/mol. The molecule has 2 unspecified atom stereocenters. The van der Waals surface area contributed by atoms with Crippen LogP contribution >= 0.6 is 23.2 Å². The highest BCUT2D eigenvalue weighted by Gasteiger charge is 2.27. The first-order chi connectivity index (χ1) is 19.2. The molecule has 7 nitrogen and oxygen atoms in total. The first-order valence-corrected chi connectivity index (χ1v) is 14.5. The lowest BCUT2D eigenvalue weighted by atomic mass is 9.89. The van der Waals surface area contributed by atoms with Crippen LogP contribution in [0.2, 0.25) is 5.02 Å². The topological polar surface area (TPSA) is 111 Å². The molecule has 0 aliphatic carbocycles. The molecule has 10 heteroatoms. The van der Waals surface area contributed by atoms with Crippen molar-refractivity contribution in [2.24, 2.45) is 11.3 Å². The highest BCUT2D eigenvalue weighted by Crippen LogP contribution is 2.35. The standard InChI is InChI=1S/C12H14ClFN2O.C7H9Cl.C7H15NO3.C5H12/c1-7-4-15-5-9(7)8-2-11(14)10(13)3-12(8)16-6-17;1-3-5-6-7(8)4-2;9-5-7(11)3-1-2-4-8-6-10;1-5(2,3)4/h2-3,6-7,9,15H,4-5H2,1H3,(H,16,17);3-6H,2H2,1H3;6-7,9,11H,1-5H2,(H,8,10);1-4H3/b;5-3-,7-6+;;/t7?,9-;;;/m1.../s1. The van der Waals surface area contributed by atoms with E-state index in [0.29, 0.717) is 47.8 Å². The number of carbonyl (C=O) groups excluding carboxylic acids is 2. The minimum Gasteiger partial charge on any atom is -0.394 e. The van der Waals surface area contributed by atoms with Gasteiger partial charge in [0.15, 0.2) is 0 Å². The van der Waals surface area contributed by atoms with Crippen molar-refractivity contribution in [2.75, 3.05) is 31.6 Å². The molecule has 1 aliphatic heterocycles. The van der Waals surface area contributed by atoms with Crippen molar-refractivity contribution in [2.45, 2.75) is 72.8 Å². The van der Waals surface area contributed by atoms with Crippen molar-refractivity contribution >= 4 is 41.7 Å². The number of unbranched alkanes of at least 4 members (excludes halogenated alkanes) is 1. The van der Waals surface area contributed by atoms with E-state index in [-0.39, 0.29) is 17.5 Å². The predicted molar refractivity (Wildman–Crippen MR) is 171 cm³/mol. The van der Waals surface area contributed by atoms with Gasteiger partial charge >= 0.3 is 0 Å². The molecule has 1 aromatic carbocycles. The van der Waals surface area contributed by atoms with E-state index in [2.05, 4.69) is 57.1 Å². The summed E-state index contributed by atoms with van der Waals surface area (Å²) in [5.41, 5.74) is 1.89. The van der Waals surface area contributed by atoms with Gasteiger partial charge < -0.3 is 26.2 Å². The quantitative estimate of drug-likeness (QED) is 0.104. The molecule has 234 valence electrons. The van der Waals surface area contributed by atoms with Crippen molar-refractivity contribution in [3.63, 3.8) is 0 Å². The number of carbonyl (C=O) groups is 2. The van der Waals surface area contributed by atoms with Gasteiger partial charge in [-0.1, -0.05) is 82.6 Å². The fourth-order valence-electron chi connectivity index (χ4n) is 3.30. The lowest BCUT2D eigenvalue weighted by Crippen LogP contribution is -2.15. The summed E-state index contributed by atoms with van der Waals surface area (Å²) in [7, 11) is 0. The van der Waals surface area contributed by atoms with Gasteiger partial charge in [-0.05, 0) is 67.8 Å². The van der Waals surface area contributed by atoms with Crippen molar-refractivity contribution in [1.82, 2.24) is 10.6 Å². The van der Waals surface area contributed by atoms with Gasteiger partial charge in [0, 0.05) is 29.7 Å². The Labute approximate surface area is 256 Å². The number of nitrogens with one attached hydrogen (secondary N) is 3. The normalized spacial score (nSPS) is 17.1. The lowest BCUT2D eigenvalue weighted by Gasteiger charge is -2.18.